The number of fused-ring (bicyclic) bond motifs is 3. The van der Waals surface area contributed by atoms with Gasteiger partial charge in [-0.3, -0.25) is 0 Å². The summed E-state index contributed by atoms with van der Waals surface area (Å²) in [5.41, 5.74) is 12.9. The summed E-state index contributed by atoms with van der Waals surface area (Å²) < 4.78 is 0. The molecule has 0 unspecified atom stereocenters. The molecule has 7 aromatic rings. The fraction of sp³-hybridized carbons (Fsp3) is 0.0769. The van der Waals surface area contributed by atoms with Gasteiger partial charge in [-0.25, -0.2) is 0 Å². The fourth-order valence-electron chi connectivity index (χ4n) is 7.15. The molecular formula is C52H45N. The van der Waals surface area contributed by atoms with E-state index in [0.717, 1.165) is 23.5 Å². The number of hydrogen-bond acceptors (Lipinski definition) is 1. The van der Waals surface area contributed by atoms with E-state index in [1.807, 2.05) is 6.08 Å². The van der Waals surface area contributed by atoms with E-state index in [2.05, 4.69) is 220 Å². The van der Waals surface area contributed by atoms with Crippen molar-refractivity contribution in [3.05, 3.63) is 212 Å². The second-order valence-corrected chi connectivity index (χ2v) is 13.2. The maximum Gasteiger partial charge on any atom is 0.0462 e. The van der Waals surface area contributed by atoms with Gasteiger partial charge >= 0.3 is 0 Å². The second kappa shape index (κ2) is 16.3. The Morgan fingerprint density at radius 3 is 1.79 bits per heavy atom. The molecule has 7 rings (SSSR count). The zero-order valence-electron chi connectivity index (χ0n) is 30.8. The Morgan fingerprint density at radius 2 is 1.17 bits per heavy atom. The molecule has 53 heavy (non-hydrogen) atoms. The van der Waals surface area contributed by atoms with Crippen LogP contribution in [-0.4, -0.2) is 0 Å². The van der Waals surface area contributed by atoms with Crippen molar-refractivity contribution in [3.63, 3.8) is 0 Å². The molecule has 0 amide bonds. The molecule has 258 valence electrons. The highest BCUT2D eigenvalue weighted by atomic mass is 15.1. The predicted molar refractivity (Wildman–Crippen MR) is 233 cm³/mol. The first kappa shape index (κ1) is 35.0. The molecule has 0 N–H and O–H groups in total. The van der Waals surface area contributed by atoms with Gasteiger partial charge in [0.15, 0.2) is 0 Å². The zero-order chi connectivity index (χ0) is 36.6. The summed E-state index contributed by atoms with van der Waals surface area (Å²) in [6.45, 7) is 10.3. The van der Waals surface area contributed by atoms with Crippen LogP contribution in [0.5, 0.6) is 0 Å². The topological polar surface area (TPSA) is 3.24 Å². The molecule has 0 saturated carbocycles. The van der Waals surface area contributed by atoms with Crippen LogP contribution < -0.4 is 4.90 Å². The van der Waals surface area contributed by atoms with Crippen molar-refractivity contribution in [3.8, 4) is 33.4 Å². The van der Waals surface area contributed by atoms with Gasteiger partial charge in [0.2, 0.25) is 0 Å². The van der Waals surface area contributed by atoms with Crippen molar-refractivity contribution in [2.45, 2.75) is 27.2 Å². The molecule has 0 aromatic heterocycles. The van der Waals surface area contributed by atoms with E-state index in [0.29, 0.717) is 0 Å². The van der Waals surface area contributed by atoms with Gasteiger partial charge < -0.3 is 4.90 Å². The summed E-state index contributed by atoms with van der Waals surface area (Å²) in [7, 11) is 0. The van der Waals surface area contributed by atoms with Crippen molar-refractivity contribution < 1.29 is 0 Å². The second-order valence-electron chi connectivity index (χ2n) is 13.2. The minimum Gasteiger partial charge on any atom is -0.311 e. The van der Waals surface area contributed by atoms with E-state index < -0.39 is 0 Å². The molecular weight excluding hydrogens is 639 g/mol. The number of benzene rings is 7. The van der Waals surface area contributed by atoms with E-state index in [1.165, 1.54) is 66.1 Å². The van der Waals surface area contributed by atoms with Crippen LogP contribution in [0.15, 0.2) is 206 Å². The Labute approximate surface area is 314 Å². The van der Waals surface area contributed by atoms with Crippen molar-refractivity contribution >= 4 is 38.5 Å². The highest BCUT2D eigenvalue weighted by molar-refractivity contribution is 6.14. The molecule has 0 heterocycles. The lowest BCUT2D eigenvalue weighted by molar-refractivity contribution is 1.21. The van der Waals surface area contributed by atoms with E-state index in [-0.39, 0.29) is 0 Å². The summed E-state index contributed by atoms with van der Waals surface area (Å²) in [5, 5.41) is 5.04. The number of anilines is 2. The molecule has 0 atom stereocenters. The van der Waals surface area contributed by atoms with Crippen LogP contribution in [0.1, 0.15) is 32.8 Å². The monoisotopic (exact) mass is 683 g/mol. The van der Waals surface area contributed by atoms with Gasteiger partial charge in [-0.2, -0.15) is 0 Å². The number of nitrogens with zero attached hydrogens (tertiary/aromatic N) is 1. The predicted octanol–water partition coefficient (Wildman–Crippen LogP) is 15.1. The van der Waals surface area contributed by atoms with Crippen molar-refractivity contribution in [2.75, 3.05) is 4.90 Å². The molecule has 0 aliphatic heterocycles. The third kappa shape index (κ3) is 7.47. The molecule has 1 heteroatoms. The third-order valence-corrected chi connectivity index (χ3v) is 9.81. The summed E-state index contributed by atoms with van der Waals surface area (Å²) in [6, 6.07) is 55.2. The average molecular weight is 684 g/mol. The van der Waals surface area contributed by atoms with E-state index in [1.54, 1.807) is 0 Å². The first-order valence-electron chi connectivity index (χ1n) is 18.5. The summed E-state index contributed by atoms with van der Waals surface area (Å²) in [5.74, 6) is 0. The summed E-state index contributed by atoms with van der Waals surface area (Å²) in [4.78, 5) is 2.29. The van der Waals surface area contributed by atoms with E-state index >= 15 is 0 Å². The van der Waals surface area contributed by atoms with Gasteiger partial charge in [0.25, 0.3) is 0 Å². The molecule has 0 saturated heterocycles. The SMILES string of the molecule is C=C/C=C(\C=C/C)N(c1ccc(-c2ccc(C(/C=C\CC)=C/C)cc2)cc1)c1ccc(-c2ccc3c(-c4ccccc4)cc4ccccc4c3c2)cc1. The maximum atomic E-state index is 4.03. The zero-order valence-corrected chi connectivity index (χ0v) is 30.8. The van der Waals surface area contributed by atoms with E-state index in [4.69, 9.17) is 0 Å². The van der Waals surface area contributed by atoms with Gasteiger partial charge in [-0.05, 0) is 135 Å². The highest BCUT2D eigenvalue weighted by Gasteiger charge is 2.15. The van der Waals surface area contributed by atoms with Crippen LogP contribution >= 0.6 is 0 Å². The number of hydrogen-bond donors (Lipinski definition) is 0. The molecule has 0 radical (unpaired) electrons. The van der Waals surface area contributed by atoms with Crippen molar-refractivity contribution in [1.29, 1.82) is 0 Å². The van der Waals surface area contributed by atoms with Crippen LogP contribution in [0.25, 0.3) is 60.5 Å². The van der Waals surface area contributed by atoms with Crippen molar-refractivity contribution in [2.24, 2.45) is 0 Å². The fourth-order valence-corrected chi connectivity index (χ4v) is 7.15. The quantitative estimate of drug-likeness (QED) is 0.0969. The Kier molecular flexibility index (Phi) is 10.7. The first-order chi connectivity index (χ1) is 26.1. The highest BCUT2D eigenvalue weighted by Crippen LogP contribution is 2.39. The molecule has 0 fully saturated rings. The number of allylic oxidation sites excluding steroid dienone is 8. The summed E-state index contributed by atoms with van der Waals surface area (Å²) >= 11 is 0. The smallest absolute Gasteiger partial charge is 0.0462 e. The maximum absolute atomic E-state index is 4.03. The van der Waals surface area contributed by atoms with Crippen LogP contribution in [0.4, 0.5) is 11.4 Å². The standard InChI is InChI=1S/C52H45N/c1-5-9-17-38(8-4)39-22-24-40(25-23-39)41-26-31-47(32-27-41)53(46(15-6-2)16-7-3)48-33-28-42(29-34-48)44-30-35-50-51(43-18-11-10-12-19-43)37-45-20-13-14-21-49(45)52(50)36-44/h6-37H,2,5H2,1,3-4H3/b16-7-,17-9-,38-8+,46-15+. The van der Waals surface area contributed by atoms with Crippen LogP contribution in [0.2, 0.25) is 0 Å². The minimum absolute atomic E-state index is 1.03. The molecule has 0 aliphatic rings. The normalized spacial score (nSPS) is 12.3. The van der Waals surface area contributed by atoms with Crippen LogP contribution in [-0.2, 0) is 0 Å². The van der Waals surface area contributed by atoms with Crippen molar-refractivity contribution in [1.82, 2.24) is 0 Å². The minimum atomic E-state index is 1.03. The third-order valence-electron chi connectivity index (χ3n) is 9.81. The first-order valence-corrected chi connectivity index (χ1v) is 18.5. The van der Waals surface area contributed by atoms with Gasteiger partial charge in [0.1, 0.15) is 0 Å². The number of rotatable bonds is 11. The van der Waals surface area contributed by atoms with Gasteiger partial charge in [0.05, 0.1) is 0 Å². The lowest BCUT2D eigenvalue weighted by atomic mass is 9.91. The molecule has 0 spiro atoms. The van der Waals surface area contributed by atoms with E-state index in [9.17, 15) is 0 Å². The Hall–Kier alpha value is -6.44. The molecule has 7 aromatic carbocycles. The Morgan fingerprint density at radius 1 is 0.566 bits per heavy atom. The average Bonchev–Trinajstić information content (AvgIpc) is 3.22. The lowest BCUT2D eigenvalue weighted by Gasteiger charge is -2.27. The summed E-state index contributed by atoms with van der Waals surface area (Å²) in [6.07, 6.45) is 15.7. The van der Waals surface area contributed by atoms with Gasteiger partial charge in [0, 0.05) is 17.1 Å². The van der Waals surface area contributed by atoms with Crippen LogP contribution in [0, 0.1) is 0 Å². The van der Waals surface area contributed by atoms with Crippen LogP contribution in [0.3, 0.4) is 0 Å². The van der Waals surface area contributed by atoms with Gasteiger partial charge in [-0.15, -0.1) is 0 Å². The molecule has 1 nitrogen and oxygen atoms in total. The molecule has 0 bridgehead atoms. The Bertz CT molecular complexity index is 2470. The lowest BCUT2D eigenvalue weighted by Crippen LogP contribution is -2.15. The molecule has 0 aliphatic carbocycles. The largest absolute Gasteiger partial charge is 0.311 e. The Balaban J connectivity index is 1.23. The van der Waals surface area contributed by atoms with Gasteiger partial charge in [-0.1, -0.05) is 159 Å².